The summed E-state index contributed by atoms with van der Waals surface area (Å²) in [6, 6.07) is 3.49. The maximum Gasteiger partial charge on any atom is 0.330 e. The number of ether oxygens (including phenoxy) is 2. The Hall–Kier alpha value is -2.71. The topological polar surface area (TPSA) is 98.2 Å². The molecule has 130 valence electrons. The van der Waals surface area contributed by atoms with Crippen molar-refractivity contribution >= 4 is 11.9 Å². The molecular weight excluding hydrogens is 310 g/mol. The van der Waals surface area contributed by atoms with Crippen LogP contribution in [0.2, 0.25) is 0 Å². The van der Waals surface area contributed by atoms with E-state index in [1.807, 2.05) is 21.0 Å². The molecule has 0 fully saturated rings. The highest BCUT2D eigenvalue weighted by atomic mass is 16.5. The van der Waals surface area contributed by atoms with Crippen molar-refractivity contribution < 1.29 is 9.47 Å². The van der Waals surface area contributed by atoms with E-state index in [4.69, 9.17) is 9.47 Å². The first kappa shape index (κ1) is 17.6. The molecule has 24 heavy (non-hydrogen) atoms. The standard InChI is InChI=1S/C15H23N7O2/c1-5-7-10-16-13-17-14(22(3)4)19-15(18-13)24-12-9-8-11(20-21-12)23-6-2/h8-9H,5-7,10H2,1-4H3,(H,16,17,18,19). The Balaban J connectivity index is 2.15. The molecule has 9 nitrogen and oxygen atoms in total. The van der Waals surface area contributed by atoms with E-state index in [9.17, 15) is 0 Å². The van der Waals surface area contributed by atoms with E-state index in [0.29, 0.717) is 24.4 Å². The van der Waals surface area contributed by atoms with Crippen LogP contribution in [0.5, 0.6) is 17.8 Å². The SMILES string of the molecule is CCCCNc1nc(Oc2ccc(OCC)nn2)nc(N(C)C)n1. The summed E-state index contributed by atoms with van der Waals surface area (Å²) in [5, 5.41) is 11.0. The normalized spacial score (nSPS) is 10.3. The Morgan fingerprint density at radius 2 is 1.79 bits per heavy atom. The van der Waals surface area contributed by atoms with Crippen LogP contribution in [-0.4, -0.2) is 52.4 Å². The monoisotopic (exact) mass is 333 g/mol. The summed E-state index contributed by atoms with van der Waals surface area (Å²) >= 11 is 0. The van der Waals surface area contributed by atoms with Gasteiger partial charge in [0, 0.05) is 32.8 Å². The van der Waals surface area contributed by atoms with E-state index in [1.165, 1.54) is 0 Å². The van der Waals surface area contributed by atoms with Crippen LogP contribution in [0.3, 0.4) is 0 Å². The second kappa shape index (κ2) is 8.80. The van der Waals surface area contributed by atoms with Crippen LogP contribution in [0.25, 0.3) is 0 Å². The van der Waals surface area contributed by atoms with Gasteiger partial charge in [0.25, 0.3) is 0 Å². The number of unbranched alkanes of at least 4 members (excludes halogenated alkanes) is 1. The Bertz CT molecular complexity index is 634. The zero-order valence-electron chi connectivity index (χ0n) is 14.5. The maximum atomic E-state index is 5.59. The molecule has 0 aromatic carbocycles. The lowest BCUT2D eigenvalue weighted by Gasteiger charge is -2.13. The highest BCUT2D eigenvalue weighted by Crippen LogP contribution is 2.19. The lowest BCUT2D eigenvalue weighted by Crippen LogP contribution is -2.16. The van der Waals surface area contributed by atoms with Crippen LogP contribution in [0.4, 0.5) is 11.9 Å². The van der Waals surface area contributed by atoms with Crippen LogP contribution in [-0.2, 0) is 0 Å². The van der Waals surface area contributed by atoms with Crippen molar-refractivity contribution in [1.29, 1.82) is 0 Å². The number of hydrogen-bond acceptors (Lipinski definition) is 9. The molecule has 2 aromatic heterocycles. The van der Waals surface area contributed by atoms with E-state index >= 15 is 0 Å². The number of aromatic nitrogens is 5. The van der Waals surface area contributed by atoms with Crippen LogP contribution in [0.15, 0.2) is 12.1 Å². The van der Waals surface area contributed by atoms with Crippen molar-refractivity contribution in [3.8, 4) is 17.8 Å². The van der Waals surface area contributed by atoms with E-state index in [0.717, 1.165) is 19.4 Å². The predicted octanol–water partition coefficient (Wildman–Crippen LogP) is 2.13. The van der Waals surface area contributed by atoms with Crippen molar-refractivity contribution in [1.82, 2.24) is 25.1 Å². The fourth-order valence-electron chi connectivity index (χ4n) is 1.73. The first-order chi connectivity index (χ1) is 11.6. The molecule has 0 amide bonds. The molecule has 9 heteroatoms. The smallest absolute Gasteiger partial charge is 0.330 e. The molecule has 0 atom stereocenters. The number of rotatable bonds is 9. The summed E-state index contributed by atoms with van der Waals surface area (Å²) in [4.78, 5) is 14.6. The molecule has 0 aliphatic rings. The number of hydrogen-bond donors (Lipinski definition) is 1. The highest BCUT2D eigenvalue weighted by molar-refractivity contribution is 5.37. The lowest BCUT2D eigenvalue weighted by molar-refractivity contribution is 0.318. The lowest BCUT2D eigenvalue weighted by atomic mass is 10.3. The molecule has 0 saturated carbocycles. The maximum absolute atomic E-state index is 5.59. The van der Waals surface area contributed by atoms with Gasteiger partial charge in [-0.05, 0) is 13.3 Å². The van der Waals surface area contributed by atoms with Crippen molar-refractivity contribution in [3.05, 3.63) is 12.1 Å². The van der Waals surface area contributed by atoms with Crippen LogP contribution in [0.1, 0.15) is 26.7 Å². The first-order valence-corrected chi connectivity index (χ1v) is 7.94. The van der Waals surface area contributed by atoms with Crippen molar-refractivity contribution in [2.75, 3.05) is 37.5 Å². The van der Waals surface area contributed by atoms with Crippen molar-refractivity contribution in [2.45, 2.75) is 26.7 Å². The summed E-state index contributed by atoms with van der Waals surface area (Å²) < 4.78 is 10.8. The van der Waals surface area contributed by atoms with Gasteiger partial charge in [-0.2, -0.15) is 15.0 Å². The van der Waals surface area contributed by atoms with E-state index in [1.54, 1.807) is 17.0 Å². The molecular formula is C15H23N7O2. The second-order valence-electron chi connectivity index (χ2n) is 5.16. The van der Waals surface area contributed by atoms with Gasteiger partial charge in [0.15, 0.2) is 0 Å². The van der Waals surface area contributed by atoms with Gasteiger partial charge in [0.05, 0.1) is 6.61 Å². The minimum Gasteiger partial charge on any atom is -0.477 e. The van der Waals surface area contributed by atoms with Crippen molar-refractivity contribution in [2.24, 2.45) is 0 Å². The van der Waals surface area contributed by atoms with E-state index in [-0.39, 0.29) is 11.9 Å². The Kier molecular flexibility index (Phi) is 6.47. The molecule has 0 bridgehead atoms. The van der Waals surface area contributed by atoms with Gasteiger partial charge in [0.1, 0.15) is 0 Å². The summed E-state index contributed by atoms with van der Waals surface area (Å²) in [5.41, 5.74) is 0. The first-order valence-electron chi connectivity index (χ1n) is 7.94. The molecule has 0 spiro atoms. The summed E-state index contributed by atoms with van der Waals surface area (Å²) in [5.74, 6) is 1.69. The third kappa shape index (κ3) is 5.18. The third-order valence-electron chi connectivity index (χ3n) is 2.92. The number of nitrogens with zero attached hydrogens (tertiary/aromatic N) is 6. The molecule has 0 aliphatic carbocycles. The number of anilines is 2. The molecule has 2 rings (SSSR count). The Morgan fingerprint density at radius 1 is 1.04 bits per heavy atom. The van der Waals surface area contributed by atoms with Crippen LogP contribution < -0.4 is 19.7 Å². The zero-order valence-corrected chi connectivity index (χ0v) is 14.5. The quantitative estimate of drug-likeness (QED) is 0.692. The summed E-state index contributed by atoms with van der Waals surface area (Å²) in [7, 11) is 3.71. The average molecular weight is 333 g/mol. The Labute approximate surface area is 141 Å². The van der Waals surface area contributed by atoms with Gasteiger partial charge < -0.3 is 19.7 Å². The van der Waals surface area contributed by atoms with Gasteiger partial charge in [0.2, 0.25) is 23.7 Å². The van der Waals surface area contributed by atoms with Gasteiger partial charge >= 0.3 is 6.01 Å². The molecule has 0 unspecified atom stereocenters. The van der Waals surface area contributed by atoms with Gasteiger partial charge in [-0.3, -0.25) is 0 Å². The summed E-state index contributed by atoms with van der Waals surface area (Å²) in [6.45, 7) is 5.32. The minimum atomic E-state index is 0.158. The van der Waals surface area contributed by atoms with Gasteiger partial charge in [-0.25, -0.2) is 0 Å². The van der Waals surface area contributed by atoms with Gasteiger partial charge in [-0.1, -0.05) is 13.3 Å². The summed E-state index contributed by atoms with van der Waals surface area (Å²) in [6.07, 6.45) is 2.12. The average Bonchev–Trinajstić information content (AvgIpc) is 2.57. The third-order valence-corrected chi connectivity index (χ3v) is 2.92. The molecule has 1 N–H and O–H groups in total. The van der Waals surface area contributed by atoms with E-state index < -0.39 is 0 Å². The fourth-order valence-corrected chi connectivity index (χ4v) is 1.73. The highest BCUT2D eigenvalue weighted by Gasteiger charge is 2.11. The fraction of sp³-hybridized carbons (Fsp3) is 0.533. The van der Waals surface area contributed by atoms with Crippen LogP contribution >= 0.6 is 0 Å². The zero-order chi connectivity index (χ0) is 17.4. The van der Waals surface area contributed by atoms with E-state index in [2.05, 4.69) is 37.4 Å². The van der Waals surface area contributed by atoms with Gasteiger partial charge in [-0.15, -0.1) is 10.2 Å². The minimum absolute atomic E-state index is 0.158. The molecule has 2 heterocycles. The van der Waals surface area contributed by atoms with Crippen molar-refractivity contribution in [3.63, 3.8) is 0 Å². The number of nitrogens with one attached hydrogen (secondary N) is 1. The molecule has 0 aliphatic heterocycles. The molecule has 2 aromatic rings. The molecule has 0 radical (unpaired) electrons. The molecule has 0 saturated heterocycles. The van der Waals surface area contributed by atoms with Crippen LogP contribution in [0, 0.1) is 0 Å². The Morgan fingerprint density at radius 3 is 2.42 bits per heavy atom. The second-order valence-corrected chi connectivity index (χ2v) is 5.16. The predicted molar refractivity (Wildman–Crippen MR) is 90.8 cm³/mol. The largest absolute Gasteiger partial charge is 0.477 e.